The van der Waals surface area contributed by atoms with Crippen LogP contribution in [0, 0.1) is 0 Å². The number of nitrogens with zero attached hydrogens (tertiary/aromatic N) is 1. The molecule has 1 amide bonds. The van der Waals surface area contributed by atoms with Crippen LogP contribution in [0.4, 0.5) is 0 Å². The molecule has 0 aliphatic carbocycles. The molecule has 5 heteroatoms. The summed E-state index contributed by atoms with van der Waals surface area (Å²) in [5.74, 6) is -0.0346. The van der Waals surface area contributed by atoms with E-state index in [1.54, 1.807) is 4.90 Å². The third kappa shape index (κ3) is 3.65. The van der Waals surface area contributed by atoms with E-state index in [2.05, 4.69) is 24.3 Å². The third-order valence-electron chi connectivity index (χ3n) is 4.39. The summed E-state index contributed by atoms with van der Waals surface area (Å²) >= 11 is -0.347. The van der Waals surface area contributed by atoms with Gasteiger partial charge in [0.05, 0.1) is 0 Å². The fourth-order valence-corrected chi connectivity index (χ4v) is 8.59. The quantitative estimate of drug-likeness (QED) is 0.416. The molecule has 3 nitrogen and oxygen atoms in total. The number of carbonyl (C=O) groups is 2. The Morgan fingerprint density at radius 1 is 0.926 bits per heavy atom. The van der Waals surface area contributed by atoms with Gasteiger partial charge in [-0.15, -0.1) is 0 Å². The Balaban J connectivity index is 1.71. The van der Waals surface area contributed by atoms with Crippen molar-refractivity contribution in [3.05, 3.63) is 81.2 Å². The summed E-state index contributed by atoms with van der Waals surface area (Å²) in [7, 11) is 1.81. The number of rotatable bonds is 4. The Bertz CT molecular complexity index is 1060. The van der Waals surface area contributed by atoms with Crippen LogP contribution in [-0.4, -0.2) is 54.1 Å². The first-order valence-electron chi connectivity index (χ1n) is 8.53. The maximum absolute atomic E-state index is 13.2. The van der Waals surface area contributed by atoms with Crippen LogP contribution in [0.2, 0.25) is 0 Å². The second kappa shape index (κ2) is 7.83. The number of hydrogen-bond acceptors (Lipinski definition) is 2. The Morgan fingerprint density at radius 2 is 1.59 bits per heavy atom. The molecule has 0 radical (unpaired) electrons. The molecule has 1 aliphatic heterocycles. The predicted octanol–water partition coefficient (Wildman–Crippen LogP) is 1.58. The van der Waals surface area contributed by atoms with Crippen LogP contribution >= 0.6 is 0 Å². The van der Waals surface area contributed by atoms with Crippen molar-refractivity contribution in [3.63, 3.8) is 0 Å². The van der Waals surface area contributed by atoms with Crippen LogP contribution in [0.3, 0.4) is 0 Å². The zero-order chi connectivity index (χ0) is 18.8. The molecule has 0 spiro atoms. The van der Waals surface area contributed by atoms with Gasteiger partial charge in [0.1, 0.15) is 0 Å². The molecule has 1 aliphatic rings. The standard InChI is InChI=1S/C22H17NO2Se2/c1-23(13-15-7-3-2-4-8-15)22(25)21-19(14-24)26-17-11-5-9-16-10-6-12-18(27-21)20(16)17/h2-12,14H,13H2,1H3. The van der Waals surface area contributed by atoms with Gasteiger partial charge < -0.3 is 0 Å². The first-order valence-corrected chi connectivity index (χ1v) is 12.0. The molecule has 0 N–H and O–H groups in total. The molecule has 0 saturated carbocycles. The van der Waals surface area contributed by atoms with Crippen LogP contribution in [-0.2, 0) is 16.1 Å². The van der Waals surface area contributed by atoms with Crippen LogP contribution in [0.1, 0.15) is 5.56 Å². The summed E-state index contributed by atoms with van der Waals surface area (Å²) in [6.45, 7) is 0.537. The van der Waals surface area contributed by atoms with E-state index in [0.29, 0.717) is 15.5 Å². The van der Waals surface area contributed by atoms with Gasteiger partial charge in [-0.25, -0.2) is 0 Å². The molecule has 0 unspecified atom stereocenters. The summed E-state index contributed by atoms with van der Waals surface area (Å²) in [5.41, 5.74) is 1.08. The van der Waals surface area contributed by atoms with Gasteiger partial charge in [0, 0.05) is 0 Å². The van der Waals surface area contributed by atoms with Crippen molar-refractivity contribution in [2.75, 3.05) is 7.05 Å². The van der Waals surface area contributed by atoms with Crippen molar-refractivity contribution in [2.45, 2.75) is 6.54 Å². The van der Waals surface area contributed by atoms with Crippen molar-refractivity contribution >= 4 is 61.8 Å². The molecular formula is C22H17NO2Se2. The number of benzene rings is 3. The van der Waals surface area contributed by atoms with E-state index in [1.165, 1.54) is 19.7 Å². The summed E-state index contributed by atoms with van der Waals surface area (Å²) in [5, 5.41) is 2.42. The molecule has 27 heavy (non-hydrogen) atoms. The van der Waals surface area contributed by atoms with Crippen LogP contribution < -0.4 is 8.92 Å². The van der Waals surface area contributed by atoms with Gasteiger partial charge in [-0.05, 0) is 0 Å². The van der Waals surface area contributed by atoms with Gasteiger partial charge in [0.2, 0.25) is 0 Å². The van der Waals surface area contributed by atoms with Gasteiger partial charge in [0.15, 0.2) is 0 Å². The van der Waals surface area contributed by atoms with Gasteiger partial charge in [-0.3, -0.25) is 0 Å². The summed E-state index contributed by atoms with van der Waals surface area (Å²) in [6.07, 6.45) is 0.899. The molecule has 0 saturated heterocycles. The summed E-state index contributed by atoms with van der Waals surface area (Å²) in [6, 6.07) is 22.4. The normalized spacial score (nSPS) is 13.4. The minimum absolute atomic E-state index is 0.0346. The monoisotopic (exact) mass is 487 g/mol. The minimum atomic E-state index is -0.188. The number of hydrogen-bond donors (Lipinski definition) is 0. The Labute approximate surface area is 170 Å². The SMILES string of the molecule is CN(Cc1ccccc1)C(=O)C1=C(C=O)[Se]c2cccc3cccc(c23)[Se]1. The average Bonchev–Trinajstić information content (AvgIpc) is 2.86. The van der Waals surface area contributed by atoms with Gasteiger partial charge in [-0.2, -0.15) is 0 Å². The number of likely N-dealkylation sites (N-methyl/N-ethyl adjacent to an activating group) is 1. The maximum atomic E-state index is 13.2. The van der Waals surface area contributed by atoms with Crippen molar-refractivity contribution < 1.29 is 9.59 Å². The molecule has 0 atom stereocenters. The van der Waals surface area contributed by atoms with Crippen LogP contribution in [0.5, 0.6) is 0 Å². The van der Waals surface area contributed by atoms with E-state index in [1.807, 2.05) is 49.5 Å². The van der Waals surface area contributed by atoms with Crippen molar-refractivity contribution in [1.82, 2.24) is 4.90 Å². The van der Waals surface area contributed by atoms with Crippen LogP contribution in [0.25, 0.3) is 10.8 Å². The second-order valence-electron chi connectivity index (χ2n) is 6.27. The van der Waals surface area contributed by atoms with Gasteiger partial charge in [-0.1, -0.05) is 0 Å². The Morgan fingerprint density at radius 3 is 2.26 bits per heavy atom. The fraction of sp³-hybridized carbons (Fsp3) is 0.0909. The van der Waals surface area contributed by atoms with Crippen LogP contribution in [0.15, 0.2) is 75.7 Å². The molecular weight excluding hydrogens is 468 g/mol. The molecule has 3 aromatic rings. The number of carbonyl (C=O) groups excluding carboxylic acids is 2. The molecule has 0 bridgehead atoms. The fourth-order valence-electron chi connectivity index (χ4n) is 3.10. The predicted molar refractivity (Wildman–Crippen MR) is 111 cm³/mol. The molecule has 134 valence electrons. The first kappa shape index (κ1) is 18.2. The van der Waals surface area contributed by atoms with E-state index in [9.17, 15) is 9.59 Å². The molecule has 0 fully saturated rings. The number of allylic oxidation sites excluding steroid dienone is 1. The second-order valence-corrected chi connectivity index (χ2v) is 10.8. The van der Waals surface area contributed by atoms with Gasteiger partial charge >= 0.3 is 171 Å². The molecule has 1 heterocycles. The number of amides is 1. The third-order valence-corrected chi connectivity index (χ3v) is 9.75. The Hall–Kier alpha value is -2.16. The van der Waals surface area contributed by atoms with E-state index in [0.717, 1.165) is 11.8 Å². The summed E-state index contributed by atoms with van der Waals surface area (Å²) in [4.78, 5) is 26.8. The Kier molecular flexibility index (Phi) is 5.29. The summed E-state index contributed by atoms with van der Waals surface area (Å²) < 4.78 is 3.75. The van der Waals surface area contributed by atoms with Crippen molar-refractivity contribution in [1.29, 1.82) is 0 Å². The van der Waals surface area contributed by atoms with E-state index >= 15 is 0 Å². The van der Waals surface area contributed by atoms with Crippen molar-refractivity contribution in [2.24, 2.45) is 0 Å². The molecule has 3 aromatic carbocycles. The number of aldehydes is 1. The molecule has 4 rings (SSSR count). The topological polar surface area (TPSA) is 37.4 Å². The van der Waals surface area contributed by atoms with Gasteiger partial charge in [0.25, 0.3) is 0 Å². The van der Waals surface area contributed by atoms with E-state index in [-0.39, 0.29) is 35.8 Å². The zero-order valence-electron chi connectivity index (χ0n) is 14.7. The van der Waals surface area contributed by atoms with Crippen molar-refractivity contribution in [3.8, 4) is 0 Å². The average molecular weight is 485 g/mol. The first-order chi connectivity index (χ1) is 13.2. The van der Waals surface area contributed by atoms with E-state index in [4.69, 9.17) is 0 Å². The molecule has 0 aromatic heterocycles. The zero-order valence-corrected chi connectivity index (χ0v) is 18.1. The van der Waals surface area contributed by atoms with E-state index < -0.39 is 0 Å².